The number of aryl methyl sites for hydroxylation is 1. The molecule has 0 amide bonds. The Balaban J connectivity index is 1.76. The van der Waals surface area contributed by atoms with E-state index < -0.39 is 0 Å². The Kier molecular flexibility index (Phi) is 1.99. The summed E-state index contributed by atoms with van der Waals surface area (Å²) in [7, 11) is 0. The molecule has 2 aliphatic carbocycles. The predicted molar refractivity (Wildman–Crippen MR) is 86.8 cm³/mol. The van der Waals surface area contributed by atoms with E-state index in [2.05, 4.69) is 78.6 Å². The number of fused-ring (bicyclic) bond motifs is 1. The molecule has 2 aromatic carbocycles. The molecule has 1 spiro atoms. The number of anilines is 2. The molecule has 1 saturated carbocycles. The van der Waals surface area contributed by atoms with E-state index in [1.807, 2.05) is 0 Å². The highest BCUT2D eigenvalue weighted by atomic mass is 15.2. The van der Waals surface area contributed by atoms with Crippen molar-refractivity contribution < 1.29 is 0 Å². The molecule has 0 radical (unpaired) electrons. The zero-order valence-corrected chi connectivity index (χ0v) is 12.1. The Bertz CT molecular complexity index is 797. The van der Waals surface area contributed by atoms with E-state index in [4.69, 9.17) is 0 Å². The van der Waals surface area contributed by atoms with Crippen LogP contribution in [0, 0.1) is 12.8 Å². The third kappa shape index (κ3) is 1.31. The summed E-state index contributed by atoms with van der Waals surface area (Å²) in [5.41, 5.74) is 7.17. The van der Waals surface area contributed by atoms with E-state index in [-0.39, 0.29) is 5.41 Å². The largest absolute Gasteiger partial charge is 0.313 e. The summed E-state index contributed by atoms with van der Waals surface area (Å²) in [5.74, 6) is 0.689. The van der Waals surface area contributed by atoms with E-state index in [9.17, 15) is 0 Å². The second kappa shape index (κ2) is 3.67. The lowest BCUT2D eigenvalue weighted by atomic mass is 9.90. The van der Waals surface area contributed by atoms with Gasteiger partial charge in [0.25, 0.3) is 0 Å². The molecule has 3 aliphatic rings. The van der Waals surface area contributed by atoms with Gasteiger partial charge in [0.05, 0.1) is 5.69 Å². The van der Waals surface area contributed by atoms with Crippen LogP contribution < -0.4 is 4.90 Å². The maximum atomic E-state index is 2.46. The Hall–Kier alpha value is -2.28. The summed E-state index contributed by atoms with van der Waals surface area (Å²) in [5, 5.41) is 0. The molecule has 21 heavy (non-hydrogen) atoms. The maximum absolute atomic E-state index is 2.46. The minimum atomic E-state index is 0.260. The van der Waals surface area contributed by atoms with Gasteiger partial charge in [-0.25, -0.2) is 0 Å². The molecule has 5 rings (SSSR count). The Morgan fingerprint density at radius 3 is 2.71 bits per heavy atom. The lowest BCUT2D eigenvalue weighted by Gasteiger charge is -2.25. The molecule has 1 heteroatoms. The lowest BCUT2D eigenvalue weighted by molar-refractivity contribution is 0.783. The van der Waals surface area contributed by atoms with Crippen molar-refractivity contribution in [3.05, 3.63) is 83.6 Å². The first-order chi connectivity index (χ1) is 10.3. The maximum Gasteiger partial charge on any atom is 0.0500 e. The van der Waals surface area contributed by atoms with Crippen molar-refractivity contribution in [1.29, 1.82) is 0 Å². The number of para-hydroxylation sites is 1. The molecule has 0 N–H and O–H groups in total. The van der Waals surface area contributed by atoms with E-state index >= 15 is 0 Å². The first kappa shape index (κ1) is 11.4. The van der Waals surface area contributed by atoms with E-state index in [0.29, 0.717) is 5.92 Å². The van der Waals surface area contributed by atoms with Crippen LogP contribution in [0.5, 0.6) is 0 Å². The quantitative estimate of drug-likeness (QED) is 0.716. The average Bonchev–Trinajstić information content (AvgIpc) is 3.20. The highest BCUT2D eigenvalue weighted by Crippen LogP contribution is 2.68. The van der Waals surface area contributed by atoms with Crippen LogP contribution in [-0.2, 0) is 5.41 Å². The standard InChI is InChI=1S/C20H17N/c1-14-9-11-16(12-10-14)21-18-7-3-2-6-17(18)20-13-15(20)5-4-8-19(20)21/h2-12,15H,13H2,1H3. The molecular formula is C20H17N. The fourth-order valence-electron chi connectivity index (χ4n) is 4.11. The zero-order valence-electron chi connectivity index (χ0n) is 12.1. The molecule has 102 valence electrons. The minimum Gasteiger partial charge on any atom is -0.313 e. The van der Waals surface area contributed by atoms with Gasteiger partial charge in [-0.3, -0.25) is 0 Å². The molecule has 1 aliphatic heterocycles. The van der Waals surface area contributed by atoms with Crippen LogP contribution in [0.3, 0.4) is 0 Å². The first-order valence-corrected chi connectivity index (χ1v) is 7.66. The summed E-state index contributed by atoms with van der Waals surface area (Å²) in [6, 6.07) is 17.8. The molecule has 2 unspecified atom stereocenters. The van der Waals surface area contributed by atoms with Gasteiger partial charge < -0.3 is 4.90 Å². The summed E-state index contributed by atoms with van der Waals surface area (Å²) >= 11 is 0. The fraction of sp³-hybridized carbons (Fsp3) is 0.200. The molecule has 0 saturated heterocycles. The van der Waals surface area contributed by atoms with Gasteiger partial charge in [-0.1, -0.05) is 48.0 Å². The summed E-state index contributed by atoms with van der Waals surface area (Å²) in [4.78, 5) is 2.46. The number of nitrogens with zero attached hydrogens (tertiary/aromatic N) is 1. The van der Waals surface area contributed by atoms with E-state index in [1.165, 1.54) is 34.6 Å². The highest BCUT2D eigenvalue weighted by Gasteiger charge is 2.63. The van der Waals surface area contributed by atoms with Gasteiger partial charge >= 0.3 is 0 Å². The second-order valence-corrected chi connectivity index (χ2v) is 6.41. The van der Waals surface area contributed by atoms with Gasteiger partial charge in [0.15, 0.2) is 0 Å². The van der Waals surface area contributed by atoms with Gasteiger partial charge in [0.1, 0.15) is 0 Å². The number of rotatable bonds is 1. The minimum absolute atomic E-state index is 0.260. The lowest BCUT2D eigenvalue weighted by Crippen LogP contribution is -2.19. The smallest absolute Gasteiger partial charge is 0.0500 e. The molecular weight excluding hydrogens is 254 g/mol. The van der Waals surface area contributed by atoms with Crippen LogP contribution in [-0.4, -0.2) is 0 Å². The molecule has 0 aromatic heterocycles. The molecule has 1 nitrogen and oxygen atoms in total. The number of hydrogen-bond donors (Lipinski definition) is 0. The van der Waals surface area contributed by atoms with Crippen molar-refractivity contribution in [1.82, 2.24) is 0 Å². The number of benzene rings is 2. The van der Waals surface area contributed by atoms with Gasteiger partial charge in [-0.05, 0) is 49.1 Å². The summed E-state index contributed by atoms with van der Waals surface area (Å²) in [6.45, 7) is 2.14. The number of hydrogen-bond acceptors (Lipinski definition) is 1. The summed E-state index contributed by atoms with van der Waals surface area (Å²) < 4.78 is 0. The van der Waals surface area contributed by atoms with Crippen LogP contribution in [0.4, 0.5) is 11.4 Å². The molecule has 1 heterocycles. The van der Waals surface area contributed by atoms with Crippen LogP contribution in [0.1, 0.15) is 17.5 Å². The van der Waals surface area contributed by atoms with E-state index in [1.54, 1.807) is 0 Å². The van der Waals surface area contributed by atoms with Gasteiger partial charge in [-0.2, -0.15) is 0 Å². The number of allylic oxidation sites excluding steroid dienone is 4. The summed E-state index contributed by atoms with van der Waals surface area (Å²) in [6.07, 6.45) is 8.18. The van der Waals surface area contributed by atoms with Crippen LogP contribution in [0.25, 0.3) is 0 Å². The van der Waals surface area contributed by atoms with Gasteiger partial charge in [-0.15, -0.1) is 0 Å². The normalized spacial score (nSPS) is 27.8. The van der Waals surface area contributed by atoms with Gasteiger partial charge in [0.2, 0.25) is 0 Å². The predicted octanol–water partition coefficient (Wildman–Crippen LogP) is 4.86. The monoisotopic (exact) mass is 271 g/mol. The molecule has 1 fully saturated rings. The van der Waals surface area contributed by atoms with Crippen molar-refractivity contribution in [3.8, 4) is 0 Å². The molecule has 2 aromatic rings. The third-order valence-electron chi connectivity index (χ3n) is 5.23. The van der Waals surface area contributed by atoms with Crippen molar-refractivity contribution in [3.63, 3.8) is 0 Å². The van der Waals surface area contributed by atoms with Crippen molar-refractivity contribution in [2.24, 2.45) is 5.92 Å². The van der Waals surface area contributed by atoms with Crippen molar-refractivity contribution >= 4 is 11.4 Å². The Labute approximate surface area is 125 Å². The molecule has 2 atom stereocenters. The van der Waals surface area contributed by atoms with Crippen LogP contribution in [0.15, 0.2) is 72.5 Å². The third-order valence-corrected chi connectivity index (χ3v) is 5.23. The zero-order chi connectivity index (χ0) is 14.0. The van der Waals surface area contributed by atoms with Gasteiger partial charge in [0, 0.05) is 16.8 Å². The Morgan fingerprint density at radius 2 is 1.86 bits per heavy atom. The fourth-order valence-corrected chi connectivity index (χ4v) is 4.11. The van der Waals surface area contributed by atoms with E-state index in [0.717, 1.165) is 0 Å². The van der Waals surface area contributed by atoms with Crippen molar-refractivity contribution in [2.75, 3.05) is 4.90 Å². The molecule has 0 bridgehead atoms. The van der Waals surface area contributed by atoms with Crippen LogP contribution >= 0.6 is 0 Å². The topological polar surface area (TPSA) is 3.24 Å². The first-order valence-electron chi connectivity index (χ1n) is 7.66. The average molecular weight is 271 g/mol. The SMILES string of the molecule is Cc1ccc(N2C3=CC=CC4CC34c3ccccc32)cc1. The highest BCUT2D eigenvalue weighted by molar-refractivity contribution is 5.83. The van der Waals surface area contributed by atoms with Crippen molar-refractivity contribution in [2.45, 2.75) is 18.8 Å². The second-order valence-electron chi connectivity index (χ2n) is 6.41. The Morgan fingerprint density at radius 1 is 1.05 bits per heavy atom. The van der Waals surface area contributed by atoms with Crippen LogP contribution in [0.2, 0.25) is 0 Å².